The van der Waals surface area contributed by atoms with Gasteiger partial charge in [0.05, 0.1) is 7.11 Å². The van der Waals surface area contributed by atoms with Gasteiger partial charge in [0.1, 0.15) is 5.75 Å². The zero-order valence-corrected chi connectivity index (χ0v) is 16.1. The second-order valence-corrected chi connectivity index (χ2v) is 6.45. The van der Waals surface area contributed by atoms with Gasteiger partial charge in [-0.05, 0) is 54.3 Å². The number of methoxy groups -OCH3 is 1. The maximum atomic E-state index is 12.1. The van der Waals surface area contributed by atoms with Crippen LogP contribution in [0, 0.1) is 0 Å². The lowest BCUT2D eigenvalue weighted by Gasteiger charge is -2.12. The van der Waals surface area contributed by atoms with Gasteiger partial charge in [0.2, 0.25) is 0 Å². The molecule has 0 heterocycles. The van der Waals surface area contributed by atoms with E-state index in [1.165, 1.54) is 18.6 Å². The van der Waals surface area contributed by atoms with Gasteiger partial charge in [-0.25, -0.2) is 4.79 Å². The maximum Gasteiger partial charge on any atom is 0.331 e. The van der Waals surface area contributed by atoms with E-state index in [1.807, 2.05) is 24.3 Å². The molecule has 5 heteroatoms. The molecule has 142 valence electrons. The van der Waals surface area contributed by atoms with Crippen LogP contribution in [-0.2, 0) is 14.3 Å². The number of carbonyl (C=O) groups excluding carboxylic acids is 2. The SMILES string of the molecule is COc1ccc(NC(=O)[C@H](C)OC(=O)/C=C/c2ccc(C(C)C)cc2)cc1. The van der Waals surface area contributed by atoms with E-state index in [4.69, 9.17) is 9.47 Å². The van der Waals surface area contributed by atoms with Crippen LogP contribution in [0.3, 0.4) is 0 Å². The molecule has 0 saturated carbocycles. The van der Waals surface area contributed by atoms with Gasteiger partial charge in [0.25, 0.3) is 5.91 Å². The standard InChI is InChI=1S/C22H25NO4/c1-15(2)18-8-5-17(6-9-18)7-14-21(24)27-16(3)22(25)23-19-10-12-20(26-4)13-11-19/h5-16H,1-4H3,(H,23,25)/b14-7+/t16-/m0/s1. The predicted molar refractivity (Wildman–Crippen MR) is 107 cm³/mol. The lowest BCUT2D eigenvalue weighted by molar-refractivity contribution is -0.148. The van der Waals surface area contributed by atoms with E-state index in [1.54, 1.807) is 37.5 Å². The fourth-order valence-electron chi connectivity index (χ4n) is 2.34. The second kappa shape index (κ2) is 9.57. The summed E-state index contributed by atoms with van der Waals surface area (Å²) in [7, 11) is 1.57. The number of carbonyl (C=O) groups is 2. The van der Waals surface area contributed by atoms with Crippen molar-refractivity contribution in [3.8, 4) is 5.75 Å². The third-order valence-electron chi connectivity index (χ3n) is 4.03. The number of nitrogens with one attached hydrogen (secondary N) is 1. The molecule has 0 fully saturated rings. The fraction of sp³-hybridized carbons (Fsp3) is 0.273. The lowest BCUT2D eigenvalue weighted by Crippen LogP contribution is -2.29. The Morgan fingerprint density at radius 3 is 2.15 bits per heavy atom. The second-order valence-electron chi connectivity index (χ2n) is 6.45. The number of rotatable bonds is 7. The van der Waals surface area contributed by atoms with Gasteiger partial charge in [-0.2, -0.15) is 0 Å². The average Bonchev–Trinajstić information content (AvgIpc) is 2.67. The van der Waals surface area contributed by atoms with Crippen molar-refractivity contribution in [2.24, 2.45) is 0 Å². The molecule has 0 aromatic heterocycles. The molecule has 0 saturated heterocycles. The highest BCUT2D eigenvalue weighted by Crippen LogP contribution is 2.16. The quantitative estimate of drug-likeness (QED) is 0.582. The first-order valence-electron chi connectivity index (χ1n) is 8.82. The Labute approximate surface area is 160 Å². The molecular formula is C22H25NO4. The molecule has 2 aromatic carbocycles. The third kappa shape index (κ3) is 6.29. The van der Waals surface area contributed by atoms with Crippen LogP contribution in [0.2, 0.25) is 0 Å². The smallest absolute Gasteiger partial charge is 0.331 e. The summed E-state index contributed by atoms with van der Waals surface area (Å²) in [6.45, 7) is 5.78. The number of hydrogen-bond donors (Lipinski definition) is 1. The minimum atomic E-state index is -0.910. The number of hydrogen-bond acceptors (Lipinski definition) is 4. The Balaban J connectivity index is 1.86. The van der Waals surface area contributed by atoms with Crippen LogP contribution < -0.4 is 10.1 Å². The number of ether oxygens (including phenoxy) is 2. The number of esters is 1. The minimum Gasteiger partial charge on any atom is -0.497 e. The van der Waals surface area contributed by atoms with E-state index in [2.05, 4.69) is 19.2 Å². The van der Waals surface area contributed by atoms with Gasteiger partial charge in [-0.1, -0.05) is 38.1 Å². The highest BCUT2D eigenvalue weighted by molar-refractivity contribution is 5.96. The van der Waals surface area contributed by atoms with E-state index in [0.717, 1.165) is 5.56 Å². The van der Waals surface area contributed by atoms with Crippen molar-refractivity contribution in [1.29, 1.82) is 0 Å². The molecule has 0 unspecified atom stereocenters. The monoisotopic (exact) mass is 367 g/mol. The summed E-state index contributed by atoms with van der Waals surface area (Å²) < 4.78 is 10.2. The normalized spacial score (nSPS) is 12.0. The van der Waals surface area contributed by atoms with Crippen LogP contribution in [0.1, 0.15) is 37.8 Å². The molecule has 0 aliphatic carbocycles. The summed E-state index contributed by atoms with van der Waals surface area (Å²) in [5, 5.41) is 2.69. The van der Waals surface area contributed by atoms with Gasteiger partial charge in [0, 0.05) is 11.8 Å². The van der Waals surface area contributed by atoms with Crippen molar-refractivity contribution >= 4 is 23.6 Å². The van der Waals surface area contributed by atoms with Gasteiger partial charge in [-0.3, -0.25) is 4.79 Å². The van der Waals surface area contributed by atoms with E-state index >= 15 is 0 Å². The average molecular weight is 367 g/mol. The Morgan fingerprint density at radius 2 is 1.59 bits per heavy atom. The van der Waals surface area contributed by atoms with Crippen LogP contribution in [0.15, 0.2) is 54.6 Å². The molecule has 27 heavy (non-hydrogen) atoms. The Morgan fingerprint density at radius 1 is 0.963 bits per heavy atom. The molecule has 2 aromatic rings. The lowest BCUT2D eigenvalue weighted by atomic mass is 10.0. The Hall–Kier alpha value is -3.08. The molecule has 0 spiro atoms. The minimum absolute atomic E-state index is 0.400. The summed E-state index contributed by atoms with van der Waals surface area (Å²) in [6, 6.07) is 14.8. The van der Waals surface area contributed by atoms with Crippen LogP contribution in [-0.4, -0.2) is 25.1 Å². The number of amides is 1. The molecular weight excluding hydrogens is 342 g/mol. The number of anilines is 1. The first-order valence-corrected chi connectivity index (χ1v) is 8.82. The molecule has 1 N–H and O–H groups in total. The van der Waals surface area contributed by atoms with Crippen molar-refractivity contribution in [3.05, 3.63) is 65.7 Å². The van der Waals surface area contributed by atoms with Crippen molar-refractivity contribution < 1.29 is 19.1 Å². The molecule has 1 atom stereocenters. The summed E-state index contributed by atoms with van der Waals surface area (Å²) >= 11 is 0. The number of benzene rings is 2. The van der Waals surface area contributed by atoms with Crippen molar-refractivity contribution in [2.45, 2.75) is 32.8 Å². The summed E-state index contributed by atoms with van der Waals surface area (Å²) in [5.41, 5.74) is 2.73. The van der Waals surface area contributed by atoms with Gasteiger partial charge < -0.3 is 14.8 Å². The zero-order chi connectivity index (χ0) is 19.8. The zero-order valence-electron chi connectivity index (χ0n) is 16.1. The van der Waals surface area contributed by atoms with Gasteiger partial charge in [0.15, 0.2) is 6.10 Å². The van der Waals surface area contributed by atoms with E-state index in [9.17, 15) is 9.59 Å². The Kier molecular flexibility index (Phi) is 7.17. The molecule has 0 aliphatic heterocycles. The van der Waals surface area contributed by atoms with Crippen molar-refractivity contribution in [1.82, 2.24) is 0 Å². The highest BCUT2D eigenvalue weighted by atomic mass is 16.5. The summed E-state index contributed by atoms with van der Waals surface area (Å²) in [4.78, 5) is 24.1. The van der Waals surface area contributed by atoms with Crippen LogP contribution in [0.5, 0.6) is 5.75 Å². The van der Waals surface area contributed by atoms with E-state index in [0.29, 0.717) is 17.4 Å². The maximum absolute atomic E-state index is 12.1. The molecule has 1 amide bonds. The molecule has 2 rings (SSSR count). The van der Waals surface area contributed by atoms with Gasteiger partial charge >= 0.3 is 5.97 Å². The summed E-state index contributed by atoms with van der Waals surface area (Å²) in [6.07, 6.45) is 2.08. The van der Waals surface area contributed by atoms with E-state index in [-0.39, 0.29) is 0 Å². The molecule has 0 radical (unpaired) electrons. The topological polar surface area (TPSA) is 64.6 Å². The third-order valence-corrected chi connectivity index (χ3v) is 4.03. The van der Waals surface area contributed by atoms with E-state index < -0.39 is 18.0 Å². The summed E-state index contributed by atoms with van der Waals surface area (Å²) in [5.74, 6) is 0.181. The molecule has 0 aliphatic rings. The fourth-order valence-corrected chi connectivity index (χ4v) is 2.34. The predicted octanol–water partition coefficient (Wildman–Crippen LogP) is 4.40. The van der Waals surface area contributed by atoms with Crippen molar-refractivity contribution in [2.75, 3.05) is 12.4 Å². The Bertz CT molecular complexity index is 792. The first-order chi connectivity index (χ1) is 12.9. The molecule has 5 nitrogen and oxygen atoms in total. The molecule has 0 bridgehead atoms. The van der Waals surface area contributed by atoms with Crippen LogP contribution >= 0.6 is 0 Å². The highest BCUT2D eigenvalue weighted by Gasteiger charge is 2.16. The van der Waals surface area contributed by atoms with Gasteiger partial charge in [-0.15, -0.1) is 0 Å². The largest absolute Gasteiger partial charge is 0.497 e. The van der Waals surface area contributed by atoms with Crippen molar-refractivity contribution in [3.63, 3.8) is 0 Å². The van der Waals surface area contributed by atoms with Crippen LogP contribution in [0.25, 0.3) is 6.08 Å². The van der Waals surface area contributed by atoms with Crippen LogP contribution in [0.4, 0.5) is 5.69 Å². The first kappa shape index (κ1) is 20.2.